The fraction of sp³-hybridized carbons (Fsp3) is 0. The van der Waals surface area contributed by atoms with E-state index >= 15 is 0 Å². The zero-order valence-electron chi connectivity index (χ0n) is 2.04. The second-order valence-electron chi connectivity index (χ2n) is 0.154. The fourth-order valence-corrected chi connectivity index (χ4v) is 0. The van der Waals surface area contributed by atoms with E-state index in [0.29, 0.717) is 0 Å². The molecule has 0 aromatic heterocycles. The molecule has 0 unspecified atom stereocenters. The molecular weight excluding hydrogens is 114 g/mol. The van der Waals surface area contributed by atoms with Gasteiger partial charge in [0.25, 0.3) is 0 Å². The Morgan fingerprint density at radius 3 is 1.75 bits per heavy atom. The van der Waals surface area contributed by atoms with Gasteiger partial charge in [0.1, 0.15) is 0 Å². The summed E-state index contributed by atoms with van der Waals surface area (Å²) in [6.45, 7) is 3.13. The van der Waals surface area contributed by atoms with Crippen LogP contribution in [-0.2, 0) is 17.1 Å². The normalized spacial score (nSPS) is 3.25. The maximum absolute atomic E-state index is 4.76. The van der Waals surface area contributed by atoms with E-state index in [9.17, 15) is 0 Å². The van der Waals surface area contributed by atoms with Crippen LogP contribution in [0, 0.1) is 0 Å². The van der Waals surface area contributed by atoms with Gasteiger partial charge in [0.15, 0.2) is 0 Å². The average Bonchev–Trinajstić information content (AvgIpc) is 0.918. The van der Waals surface area contributed by atoms with Crippen molar-refractivity contribution in [2.24, 2.45) is 0 Å². The van der Waals surface area contributed by atoms with Gasteiger partial charge in [0, 0.05) is 17.1 Å². The van der Waals surface area contributed by atoms with Crippen molar-refractivity contribution in [2.75, 3.05) is 0 Å². The van der Waals surface area contributed by atoms with Gasteiger partial charge in [-0.3, -0.25) is 0 Å². The molecule has 0 saturated heterocycles. The van der Waals surface area contributed by atoms with Gasteiger partial charge in [-0.25, -0.2) is 0 Å². The second-order valence-corrected chi connectivity index (χ2v) is 0.463. The van der Waals surface area contributed by atoms with Gasteiger partial charge in [0.2, 0.25) is 0 Å². The molecule has 0 amide bonds. The molecule has 4 heavy (non-hydrogen) atoms. The predicted octanol–water partition coefficient (Wildman–Crippen LogP) is 1.37. The molecular formula is C2H3ClMn. The predicted molar refractivity (Wildman–Crippen MR) is 16.1 cm³/mol. The minimum Gasteiger partial charge on any atom is -0.0936 e. The first-order chi connectivity index (χ1) is 1.41. The number of rotatable bonds is 0. The Hall–Kier alpha value is 0.549. The summed E-state index contributed by atoms with van der Waals surface area (Å²) in [5.41, 5.74) is 1.22. The molecule has 0 aliphatic carbocycles. The molecule has 0 aromatic rings. The second kappa shape index (κ2) is 9.61. The van der Waals surface area contributed by atoms with Crippen molar-refractivity contribution in [1.29, 1.82) is 0 Å². The topological polar surface area (TPSA) is 0 Å². The molecule has 0 fully saturated rings. The van der Waals surface area contributed by atoms with Gasteiger partial charge in [-0.1, -0.05) is 18.2 Å². The van der Waals surface area contributed by atoms with E-state index in [0.717, 1.165) is 0 Å². The van der Waals surface area contributed by atoms with Gasteiger partial charge in [-0.15, -0.1) is 0 Å². The van der Waals surface area contributed by atoms with Crippen molar-refractivity contribution in [2.45, 2.75) is 0 Å². The van der Waals surface area contributed by atoms with E-state index in [1.165, 1.54) is 5.54 Å². The Labute approximate surface area is 41.3 Å². The average molecular weight is 117 g/mol. The molecule has 0 nitrogen and oxygen atoms in total. The van der Waals surface area contributed by atoms with Crippen molar-refractivity contribution < 1.29 is 17.1 Å². The van der Waals surface area contributed by atoms with Crippen LogP contribution in [0.3, 0.4) is 0 Å². The minimum atomic E-state index is 0. The van der Waals surface area contributed by atoms with E-state index in [1.54, 1.807) is 0 Å². The smallest absolute Gasteiger partial charge is 0 e. The van der Waals surface area contributed by atoms with Crippen LogP contribution in [0.2, 0.25) is 0 Å². The molecule has 0 bridgehead atoms. The molecule has 0 atom stereocenters. The van der Waals surface area contributed by atoms with Crippen molar-refractivity contribution >= 4 is 11.6 Å². The zero-order valence-corrected chi connectivity index (χ0v) is 3.98. The summed E-state index contributed by atoms with van der Waals surface area (Å²) >= 11 is 4.76. The van der Waals surface area contributed by atoms with E-state index in [1.807, 2.05) is 0 Å². The van der Waals surface area contributed by atoms with Crippen LogP contribution in [0.25, 0.3) is 0 Å². The summed E-state index contributed by atoms with van der Waals surface area (Å²) in [7, 11) is 0. The molecule has 0 aliphatic rings. The van der Waals surface area contributed by atoms with Crippen LogP contribution in [0.4, 0.5) is 0 Å². The van der Waals surface area contributed by atoms with Crippen LogP contribution in [-0.4, -0.2) is 0 Å². The number of hydrogen-bond acceptors (Lipinski definition) is 0. The van der Waals surface area contributed by atoms with E-state index in [4.69, 9.17) is 11.6 Å². The van der Waals surface area contributed by atoms with E-state index < -0.39 is 0 Å². The third kappa shape index (κ3) is 20.3. The third-order valence-electron chi connectivity index (χ3n) is 0. The molecule has 0 saturated carbocycles. The molecule has 0 heterocycles. The summed E-state index contributed by atoms with van der Waals surface area (Å²) in [6, 6.07) is 0. The van der Waals surface area contributed by atoms with Crippen LogP contribution in [0.1, 0.15) is 0 Å². The quantitative estimate of drug-likeness (QED) is 0.420. The SMILES string of the molecule is C=CCl.[Mn]. The Morgan fingerprint density at radius 2 is 1.75 bits per heavy atom. The molecule has 0 rings (SSSR count). The summed E-state index contributed by atoms with van der Waals surface area (Å²) in [5, 5.41) is 0. The van der Waals surface area contributed by atoms with Crippen molar-refractivity contribution in [1.82, 2.24) is 0 Å². The summed E-state index contributed by atoms with van der Waals surface area (Å²) in [4.78, 5) is 0. The maximum Gasteiger partial charge on any atom is 0 e. The molecule has 2 heteroatoms. The Morgan fingerprint density at radius 1 is 1.75 bits per heavy atom. The maximum atomic E-state index is 4.76. The summed E-state index contributed by atoms with van der Waals surface area (Å²) < 4.78 is 0. The molecule has 0 aromatic carbocycles. The Balaban J connectivity index is 0. The van der Waals surface area contributed by atoms with Crippen molar-refractivity contribution in [3.8, 4) is 0 Å². The first kappa shape index (κ1) is 8.82. The minimum absolute atomic E-state index is 0. The molecule has 0 N–H and O–H groups in total. The number of hydrogen-bond donors (Lipinski definition) is 0. The Bertz CT molecular complexity index is 13.5. The molecule has 0 aliphatic heterocycles. The molecule has 0 spiro atoms. The third-order valence-corrected chi connectivity index (χ3v) is 0. The first-order valence-electron chi connectivity index (χ1n) is 0.626. The van der Waals surface area contributed by atoms with Gasteiger partial charge in [-0.05, 0) is 5.54 Å². The standard InChI is InChI=1S/C2H3Cl.Mn/c1-2-3;/h2H,1H2;. The summed E-state index contributed by atoms with van der Waals surface area (Å²) in [5.74, 6) is 0. The van der Waals surface area contributed by atoms with Gasteiger partial charge >= 0.3 is 0 Å². The van der Waals surface area contributed by atoms with Crippen molar-refractivity contribution in [3.63, 3.8) is 0 Å². The largest absolute Gasteiger partial charge is 0.0936 e. The first-order valence-corrected chi connectivity index (χ1v) is 1.06. The van der Waals surface area contributed by atoms with Crippen LogP contribution < -0.4 is 0 Å². The van der Waals surface area contributed by atoms with Crippen LogP contribution >= 0.6 is 11.6 Å². The molecule has 25 valence electrons. The number of halogens is 1. The van der Waals surface area contributed by atoms with E-state index in [2.05, 4.69) is 6.58 Å². The summed E-state index contributed by atoms with van der Waals surface area (Å²) in [6.07, 6.45) is 0. The Kier molecular flexibility index (Phi) is 21.2. The van der Waals surface area contributed by atoms with Crippen LogP contribution in [0.15, 0.2) is 12.1 Å². The monoisotopic (exact) mass is 117 g/mol. The zero-order chi connectivity index (χ0) is 2.71. The van der Waals surface area contributed by atoms with Crippen LogP contribution in [0.5, 0.6) is 0 Å². The van der Waals surface area contributed by atoms with Gasteiger partial charge < -0.3 is 0 Å². The van der Waals surface area contributed by atoms with Gasteiger partial charge in [0.05, 0.1) is 0 Å². The van der Waals surface area contributed by atoms with Gasteiger partial charge in [-0.2, -0.15) is 0 Å². The molecule has 1 radical (unpaired) electrons. The van der Waals surface area contributed by atoms with Crippen molar-refractivity contribution in [3.05, 3.63) is 12.1 Å². The fourth-order valence-electron chi connectivity index (χ4n) is 0. The van der Waals surface area contributed by atoms with E-state index in [-0.39, 0.29) is 17.1 Å².